The minimum atomic E-state index is 0.140. The molecule has 5 heteroatoms. The molecule has 0 aromatic heterocycles. The molecule has 0 spiro atoms. The summed E-state index contributed by atoms with van der Waals surface area (Å²) < 4.78 is 6.72. The Labute approximate surface area is 125 Å². The van der Waals surface area contributed by atoms with Gasteiger partial charge in [-0.05, 0) is 36.3 Å². The zero-order valence-corrected chi connectivity index (χ0v) is 13.0. The Morgan fingerprint density at radius 1 is 1.53 bits per heavy atom. The summed E-state index contributed by atoms with van der Waals surface area (Å²) in [5, 5.41) is 3.18. The molecule has 1 atom stereocenters. The molecule has 19 heavy (non-hydrogen) atoms. The van der Waals surface area contributed by atoms with Gasteiger partial charge in [0, 0.05) is 23.0 Å². The molecular formula is C14H16BrNO2S. The zero-order chi connectivity index (χ0) is 13.2. The molecule has 3 rings (SSSR count). The third kappa shape index (κ3) is 2.92. The summed E-state index contributed by atoms with van der Waals surface area (Å²) in [5.41, 5.74) is 2.30. The molecule has 0 saturated carbocycles. The predicted octanol–water partition coefficient (Wildman–Crippen LogP) is 2.90. The molecule has 2 aliphatic heterocycles. The molecule has 2 aliphatic rings. The summed E-state index contributed by atoms with van der Waals surface area (Å²) in [5.74, 6) is 2.23. The van der Waals surface area contributed by atoms with Crippen molar-refractivity contribution in [3.8, 4) is 5.75 Å². The van der Waals surface area contributed by atoms with Crippen LogP contribution in [0.1, 0.15) is 24.0 Å². The van der Waals surface area contributed by atoms with E-state index in [1.54, 1.807) is 11.8 Å². The monoisotopic (exact) mass is 341 g/mol. The quantitative estimate of drug-likeness (QED) is 0.918. The summed E-state index contributed by atoms with van der Waals surface area (Å²) in [6, 6.07) is 4.13. The summed E-state index contributed by atoms with van der Waals surface area (Å²) in [6.07, 6.45) is 3.11. The average Bonchev–Trinajstić information content (AvgIpc) is 3.05. The number of halogens is 1. The highest BCUT2D eigenvalue weighted by Gasteiger charge is 2.24. The number of amides is 1. The SMILES string of the molecule is O=C(NCc1cc(Br)cc2c1OCC2)C1CCCS1. The first-order valence-electron chi connectivity index (χ1n) is 6.57. The lowest BCUT2D eigenvalue weighted by Crippen LogP contribution is -2.30. The smallest absolute Gasteiger partial charge is 0.233 e. The maximum Gasteiger partial charge on any atom is 0.233 e. The van der Waals surface area contributed by atoms with Crippen LogP contribution in [0.15, 0.2) is 16.6 Å². The number of fused-ring (bicyclic) bond motifs is 1. The van der Waals surface area contributed by atoms with Crippen molar-refractivity contribution in [2.45, 2.75) is 31.1 Å². The van der Waals surface area contributed by atoms with Gasteiger partial charge in [0.1, 0.15) is 5.75 Å². The van der Waals surface area contributed by atoms with E-state index in [1.165, 1.54) is 5.56 Å². The Morgan fingerprint density at radius 2 is 2.42 bits per heavy atom. The van der Waals surface area contributed by atoms with Crippen molar-refractivity contribution in [1.82, 2.24) is 5.32 Å². The summed E-state index contributed by atoms with van der Waals surface area (Å²) in [4.78, 5) is 12.0. The van der Waals surface area contributed by atoms with Gasteiger partial charge in [-0.2, -0.15) is 0 Å². The van der Waals surface area contributed by atoms with E-state index in [2.05, 4.69) is 27.3 Å². The molecule has 1 unspecified atom stereocenters. The van der Waals surface area contributed by atoms with Crippen LogP contribution in [0, 0.1) is 0 Å². The lowest BCUT2D eigenvalue weighted by molar-refractivity contribution is -0.120. The largest absolute Gasteiger partial charge is 0.493 e. The summed E-state index contributed by atoms with van der Waals surface area (Å²) in [7, 11) is 0. The second-order valence-electron chi connectivity index (χ2n) is 4.87. The first-order chi connectivity index (χ1) is 9.24. The van der Waals surface area contributed by atoms with E-state index in [-0.39, 0.29) is 11.2 Å². The fourth-order valence-electron chi connectivity index (χ4n) is 2.56. The van der Waals surface area contributed by atoms with Crippen LogP contribution in [-0.2, 0) is 17.8 Å². The van der Waals surface area contributed by atoms with E-state index < -0.39 is 0 Å². The number of carbonyl (C=O) groups is 1. The minimum absolute atomic E-state index is 0.140. The molecule has 0 bridgehead atoms. The van der Waals surface area contributed by atoms with Crippen LogP contribution in [0.5, 0.6) is 5.75 Å². The van der Waals surface area contributed by atoms with Gasteiger partial charge in [-0.3, -0.25) is 4.79 Å². The third-order valence-electron chi connectivity index (χ3n) is 3.50. The van der Waals surface area contributed by atoms with Crippen LogP contribution in [0.4, 0.5) is 0 Å². The topological polar surface area (TPSA) is 38.3 Å². The van der Waals surface area contributed by atoms with E-state index in [0.717, 1.165) is 47.4 Å². The lowest BCUT2D eigenvalue weighted by Gasteiger charge is -2.12. The molecule has 1 fully saturated rings. The zero-order valence-electron chi connectivity index (χ0n) is 10.6. The molecule has 1 amide bonds. The van der Waals surface area contributed by atoms with E-state index in [1.807, 2.05) is 6.07 Å². The fourth-order valence-corrected chi connectivity index (χ4v) is 4.30. The Bertz CT molecular complexity index is 500. The maximum atomic E-state index is 12.0. The van der Waals surface area contributed by atoms with Crippen LogP contribution in [0.2, 0.25) is 0 Å². The Morgan fingerprint density at radius 3 is 3.21 bits per heavy atom. The van der Waals surface area contributed by atoms with E-state index in [9.17, 15) is 4.79 Å². The molecule has 2 heterocycles. The van der Waals surface area contributed by atoms with Gasteiger partial charge in [0.15, 0.2) is 0 Å². The average molecular weight is 342 g/mol. The van der Waals surface area contributed by atoms with Gasteiger partial charge >= 0.3 is 0 Å². The first-order valence-corrected chi connectivity index (χ1v) is 8.41. The number of nitrogens with one attached hydrogen (secondary N) is 1. The van der Waals surface area contributed by atoms with Crippen molar-refractivity contribution >= 4 is 33.6 Å². The molecular weight excluding hydrogens is 326 g/mol. The van der Waals surface area contributed by atoms with Crippen molar-refractivity contribution < 1.29 is 9.53 Å². The third-order valence-corrected chi connectivity index (χ3v) is 5.33. The summed E-state index contributed by atoms with van der Waals surface area (Å²) in [6.45, 7) is 1.29. The number of rotatable bonds is 3. The highest BCUT2D eigenvalue weighted by Crippen LogP contribution is 2.33. The van der Waals surface area contributed by atoms with Gasteiger partial charge in [-0.1, -0.05) is 15.9 Å². The van der Waals surface area contributed by atoms with Crippen LogP contribution >= 0.6 is 27.7 Å². The highest BCUT2D eigenvalue weighted by atomic mass is 79.9. The number of thioether (sulfide) groups is 1. The summed E-state index contributed by atoms with van der Waals surface area (Å²) >= 11 is 5.28. The van der Waals surface area contributed by atoms with Crippen molar-refractivity contribution in [3.05, 3.63) is 27.7 Å². The first kappa shape index (κ1) is 13.3. The second-order valence-corrected chi connectivity index (χ2v) is 7.10. The van der Waals surface area contributed by atoms with Gasteiger partial charge in [-0.25, -0.2) is 0 Å². The van der Waals surface area contributed by atoms with Gasteiger partial charge in [0.05, 0.1) is 11.9 Å². The number of hydrogen-bond donors (Lipinski definition) is 1. The Hall–Kier alpha value is -0.680. The highest BCUT2D eigenvalue weighted by molar-refractivity contribution is 9.10. The number of ether oxygens (including phenoxy) is 1. The number of carbonyl (C=O) groups excluding carboxylic acids is 1. The van der Waals surface area contributed by atoms with Gasteiger partial charge in [0.25, 0.3) is 0 Å². The van der Waals surface area contributed by atoms with Crippen LogP contribution in [-0.4, -0.2) is 23.5 Å². The van der Waals surface area contributed by atoms with Gasteiger partial charge < -0.3 is 10.1 Å². The van der Waals surface area contributed by atoms with Gasteiger partial charge in [-0.15, -0.1) is 11.8 Å². The number of hydrogen-bond acceptors (Lipinski definition) is 3. The molecule has 1 saturated heterocycles. The maximum absolute atomic E-state index is 12.0. The van der Waals surface area contributed by atoms with E-state index >= 15 is 0 Å². The normalized spacial score (nSPS) is 21.0. The second kappa shape index (κ2) is 5.75. The van der Waals surface area contributed by atoms with E-state index in [4.69, 9.17) is 4.74 Å². The fraction of sp³-hybridized carbons (Fsp3) is 0.500. The molecule has 1 aromatic carbocycles. The Balaban J connectivity index is 1.68. The lowest BCUT2D eigenvalue weighted by atomic mass is 10.1. The molecule has 102 valence electrons. The standard InChI is InChI=1S/C14H16BrNO2S/c15-11-6-9-3-4-18-13(9)10(7-11)8-16-14(17)12-2-1-5-19-12/h6-7,12H,1-5,8H2,(H,16,17). The number of benzene rings is 1. The van der Waals surface area contributed by atoms with Crippen molar-refractivity contribution in [1.29, 1.82) is 0 Å². The van der Waals surface area contributed by atoms with E-state index in [0.29, 0.717) is 6.54 Å². The minimum Gasteiger partial charge on any atom is -0.493 e. The van der Waals surface area contributed by atoms with Crippen LogP contribution in [0.3, 0.4) is 0 Å². The van der Waals surface area contributed by atoms with Crippen LogP contribution in [0.25, 0.3) is 0 Å². The molecule has 1 N–H and O–H groups in total. The molecule has 0 aliphatic carbocycles. The Kier molecular flexibility index (Phi) is 4.03. The molecule has 3 nitrogen and oxygen atoms in total. The van der Waals surface area contributed by atoms with Crippen molar-refractivity contribution in [2.24, 2.45) is 0 Å². The van der Waals surface area contributed by atoms with Crippen molar-refractivity contribution in [2.75, 3.05) is 12.4 Å². The van der Waals surface area contributed by atoms with Crippen molar-refractivity contribution in [3.63, 3.8) is 0 Å². The molecule has 1 aromatic rings. The predicted molar refractivity (Wildman–Crippen MR) is 80.7 cm³/mol. The van der Waals surface area contributed by atoms with Crippen LogP contribution < -0.4 is 10.1 Å². The molecule has 0 radical (unpaired) electrons. The van der Waals surface area contributed by atoms with Gasteiger partial charge in [0.2, 0.25) is 5.91 Å².